The van der Waals surface area contributed by atoms with Crippen LogP contribution < -0.4 is 5.32 Å². The van der Waals surface area contributed by atoms with Crippen LogP contribution in [0.4, 0.5) is 0 Å². The maximum atomic E-state index is 11.0. The Labute approximate surface area is 79.1 Å². The summed E-state index contributed by atoms with van der Waals surface area (Å²) in [5.74, 6) is 2.70. The van der Waals surface area contributed by atoms with E-state index in [0.717, 1.165) is 6.42 Å². The minimum Gasteiger partial charge on any atom is -0.296 e. The van der Waals surface area contributed by atoms with E-state index in [1.165, 1.54) is 5.41 Å². The van der Waals surface area contributed by atoms with Crippen molar-refractivity contribution in [1.29, 1.82) is 0 Å². The van der Waals surface area contributed by atoms with Gasteiger partial charge in [0.25, 0.3) is 0 Å². The normalized spacial score (nSPS) is 26.9. The smallest absolute Gasteiger partial charge is 0.173 e. The van der Waals surface area contributed by atoms with Gasteiger partial charge in [-0.15, -0.1) is 6.42 Å². The molecule has 0 radical (unpaired) electrons. The van der Waals surface area contributed by atoms with E-state index in [4.69, 9.17) is 6.42 Å². The van der Waals surface area contributed by atoms with Gasteiger partial charge in [0.2, 0.25) is 0 Å². The molecule has 1 heterocycles. The lowest BCUT2D eigenvalue weighted by Gasteiger charge is -2.14. The van der Waals surface area contributed by atoms with E-state index in [-0.39, 0.29) is 17.8 Å². The van der Waals surface area contributed by atoms with E-state index in [1.807, 2.05) is 6.92 Å². The zero-order chi connectivity index (χ0) is 9.90. The van der Waals surface area contributed by atoms with Crippen LogP contribution in [0, 0.1) is 12.3 Å². The number of terminal acetylenes is 1. The second kappa shape index (κ2) is 3.95. The maximum Gasteiger partial charge on any atom is 0.173 e. The Morgan fingerprint density at radius 2 is 2.46 bits per heavy atom. The van der Waals surface area contributed by atoms with Gasteiger partial charge in [0.05, 0.1) is 11.8 Å². The number of hydrogen-bond donors (Lipinski definition) is 1. The highest BCUT2D eigenvalue weighted by molar-refractivity contribution is 7.94. The molecular weight excluding hydrogens is 186 g/mol. The minimum atomic E-state index is -2.97. The SMILES string of the molecule is C#CC(CC)NC1C=CS(=O)(=O)C1. The van der Waals surface area contributed by atoms with Crippen LogP contribution in [0.5, 0.6) is 0 Å². The summed E-state index contributed by atoms with van der Waals surface area (Å²) in [7, 11) is -2.97. The number of nitrogens with one attached hydrogen (secondary N) is 1. The molecule has 0 saturated heterocycles. The van der Waals surface area contributed by atoms with Crippen molar-refractivity contribution in [3.05, 3.63) is 11.5 Å². The summed E-state index contributed by atoms with van der Waals surface area (Å²) in [6.07, 6.45) is 7.70. The number of hydrogen-bond acceptors (Lipinski definition) is 3. The Morgan fingerprint density at radius 3 is 2.85 bits per heavy atom. The molecule has 0 aromatic heterocycles. The highest BCUT2D eigenvalue weighted by atomic mass is 32.2. The molecule has 0 amide bonds. The molecule has 13 heavy (non-hydrogen) atoms. The van der Waals surface area contributed by atoms with Crippen molar-refractivity contribution in [3.8, 4) is 12.3 Å². The van der Waals surface area contributed by atoms with Gasteiger partial charge in [-0.3, -0.25) is 5.32 Å². The van der Waals surface area contributed by atoms with Crippen LogP contribution in [0.15, 0.2) is 11.5 Å². The average Bonchev–Trinajstić information content (AvgIpc) is 2.41. The first-order chi connectivity index (χ1) is 6.07. The average molecular weight is 199 g/mol. The monoisotopic (exact) mass is 199 g/mol. The van der Waals surface area contributed by atoms with Crippen molar-refractivity contribution in [2.75, 3.05) is 5.75 Å². The first-order valence-corrected chi connectivity index (χ1v) is 5.92. The summed E-state index contributed by atoms with van der Waals surface area (Å²) in [6.45, 7) is 1.96. The molecule has 1 aliphatic rings. The van der Waals surface area contributed by atoms with Crippen LogP contribution in [-0.4, -0.2) is 26.3 Å². The van der Waals surface area contributed by atoms with Crippen molar-refractivity contribution in [3.63, 3.8) is 0 Å². The summed E-state index contributed by atoms with van der Waals surface area (Å²) in [4.78, 5) is 0. The molecule has 1 rings (SSSR count). The Morgan fingerprint density at radius 1 is 1.77 bits per heavy atom. The van der Waals surface area contributed by atoms with Crippen LogP contribution >= 0.6 is 0 Å². The van der Waals surface area contributed by atoms with E-state index >= 15 is 0 Å². The summed E-state index contributed by atoms with van der Waals surface area (Å²) in [5.41, 5.74) is 0. The van der Waals surface area contributed by atoms with Crippen molar-refractivity contribution in [2.45, 2.75) is 25.4 Å². The molecule has 0 aromatic carbocycles. The van der Waals surface area contributed by atoms with Gasteiger partial charge in [-0.25, -0.2) is 8.42 Å². The molecule has 4 heteroatoms. The fourth-order valence-electron chi connectivity index (χ4n) is 1.22. The lowest BCUT2D eigenvalue weighted by Crippen LogP contribution is -2.37. The van der Waals surface area contributed by atoms with Gasteiger partial charge in [0.15, 0.2) is 9.84 Å². The Hall–Kier alpha value is -0.790. The molecule has 2 atom stereocenters. The second-order valence-electron chi connectivity index (χ2n) is 3.06. The number of rotatable bonds is 3. The Kier molecular flexibility index (Phi) is 3.12. The first kappa shape index (κ1) is 10.3. The predicted molar refractivity (Wildman–Crippen MR) is 52.8 cm³/mol. The van der Waals surface area contributed by atoms with Gasteiger partial charge in [-0.2, -0.15) is 0 Å². The maximum absolute atomic E-state index is 11.0. The quantitative estimate of drug-likeness (QED) is 0.665. The minimum absolute atomic E-state index is 0.0389. The topological polar surface area (TPSA) is 46.2 Å². The summed E-state index contributed by atoms with van der Waals surface area (Å²) in [6, 6.07) is -0.158. The highest BCUT2D eigenvalue weighted by Crippen LogP contribution is 2.08. The second-order valence-corrected chi connectivity index (χ2v) is 4.99. The highest BCUT2D eigenvalue weighted by Gasteiger charge is 2.22. The summed E-state index contributed by atoms with van der Waals surface area (Å²) in [5, 5.41) is 4.31. The van der Waals surface area contributed by atoms with Crippen LogP contribution in [0.3, 0.4) is 0 Å². The Balaban J connectivity index is 2.52. The zero-order valence-electron chi connectivity index (χ0n) is 7.53. The van der Waals surface area contributed by atoms with Crippen molar-refractivity contribution in [1.82, 2.24) is 5.32 Å². The fourth-order valence-corrected chi connectivity index (χ4v) is 2.47. The molecule has 72 valence electrons. The molecule has 0 saturated carbocycles. The third-order valence-electron chi connectivity index (χ3n) is 1.95. The van der Waals surface area contributed by atoms with Crippen LogP contribution in [0.25, 0.3) is 0 Å². The van der Waals surface area contributed by atoms with Crippen molar-refractivity contribution < 1.29 is 8.42 Å². The van der Waals surface area contributed by atoms with Crippen LogP contribution in [-0.2, 0) is 9.84 Å². The summed E-state index contributed by atoms with van der Waals surface area (Å²) < 4.78 is 22.0. The molecule has 0 bridgehead atoms. The molecule has 1 aliphatic heterocycles. The van der Waals surface area contributed by atoms with E-state index < -0.39 is 9.84 Å². The fraction of sp³-hybridized carbons (Fsp3) is 0.556. The summed E-state index contributed by atoms with van der Waals surface area (Å²) >= 11 is 0. The van der Waals surface area contributed by atoms with E-state index in [2.05, 4.69) is 11.2 Å². The Bertz CT molecular complexity index is 337. The van der Waals surface area contributed by atoms with E-state index in [0.29, 0.717) is 0 Å². The van der Waals surface area contributed by atoms with Gasteiger partial charge in [0, 0.05) is 11.4 Å². The zero-order valence-corrected chi connectivity index (χ0v) is 8.34. The van der Waals surface area contributed by atoms with Crippen molar-refractivity contribution >= 4 is 9.84 Å². The van der Waals surface area contributed by atoms with Crippen LogP contribution in [0.1, 0.15) is 13.3 Å². The molecular formula is C9H13NO2S. The largest absolute Gasteiger partial charge is 0.296 e. The van der Waals surface area contributed by atoms with Crippen LogP contribution in [0.2, 0.25) is 0 Å². The molecule has 3 nitrogen and oxygen atoms in total. The lowest BCUT2D eigenvalue weighted by atomic mass is 10.2. The molecule has 2 unspecified atom stereocenters. The molecule has 0 aliphatic carbocycles. The third-order valence-corrected chi connectivity index (χ3v) is 3.35. The van der Waals surface area contributed by atoms with E-state index in [1.54, 1.807) is 6.08 Å². The molecule has 1 N–H and O–H groups in total. The molecule has 0 spiro atoms. The van der Waals surface area contributed by atoms with Crippen molar-refractivity contribution in [2.24, 2.45) is 0 Å². The lowest BCUT2D eigenvalue weighted by molar-refractivity contribution is 0.550. The first-order valence-electron chi connectivity index (χ1n) is 4.20. The standard InChI is InChI=1S/C9H13NO2S/c1-3-8(4-2)10-9-5-6-13(11,12)7-9/h1,5-6,8-10H,4,7H2,2H3. The van der Waals surface area contributed by atoms with Gasteiger partial charge in [-0.05, 0) is 6.42 Å². The molecule has 0 aromatic rings. The van der Waals surface area contributed by atoms with Gasteiger partial charge < -0.3 is 0 Å². The predicted octanol–water partition coefficient (Wildman–Crippen LogP) is 0.299. The number of sulfone groups is 1. The molecule has 0 fully saturated rings. The van der Waals surface area contributed by atoms with Gasteiger partial charge in [-0.1, -0.05) is 18.9 Å². The van der Waals surface area contributed by atoms with Gasteiger partial charge in [0.1, 0.15) is 0 Å². The van der Waals surface area contributed by atoms with Gasteiger partial charge >= 0.3 is 0 Å². The van der Waals surface area contributed by atoms with E-state index in [9.17, 15) is 8.42 Å². The third kappa shape index (κ3) is 2.87.